The molecule has 0 radical (unpaired) electrons. The van der Waals surface area contributed by atoms with Crippen LogP contribution in [-0.4, -0.2) is 40.5 Å². The number of thiophene rings is 1. The first kappa shape index (κ1) is 15.8. The summed E-state index contributed by atoms with van der Waals surface area (Å²) in [7, 11) is 0. The van der Waals surface area contributed by atoms with Crippen molar-refractivity contribution in [1.82, 2.24) is 15.0 Å². The second-order valence-corrected chi connectivity index (χ2v) is 7.58. The Morgan fingerprint density at radius 3 is 2.92 bits per heavy atom. The van der Waals surface area contributed by atoms with Crippen molar-refractivity contribution in [3.63, 3.8) is 0 Å². The van der Waals surface area contributed by atoms with E-state index in [1.807, 2.05) is 13.0 Å². The van der Waals surface area contributed by atoms with Gasteiger partial charge in [-0.1, -0.05) is 5.16 Å². The number of hydrogen-bond donors (Lipinski definition) is 0. The Labute approximate surface area is 146 Å². The van der Waals surface area contributed by atoms with Crippen LogP contribution in [0.4, 0.5) is 0 Å². The second kappa shape index (κ2) is 6.69. The van der Waals surface area contributed by atoms with Crippen LogP contribution in [0.1, 0.15) is 54.8 Å². The minimum atomic E-state index is 0.192. The maximum absolute atomic E-state index is 12.9. The summed E-state index contributed by atoms with van der Waals surface area (Å²) in [4.78, 5) is 17.3. The van der Waals surface area contributed by atoms with Gasteiger partial charge in [-0.15, -0.1) is 0 Å². The van der Waals surface area contributed by atoms with E-state index in [9.17, 15) is 4.79 Å². The normalized spacial score (nSPS) is 24.8. The highest BCUT2D eigenvalue weighted by atomic mass is 32.1. The third-order valence-corrected chi connectivity index (χ3v) is 5.88. The Morgan fingerprint density at radius 1 is 1.33 bits per heavy atom. The van der Waals surface area contributed by atoms with Gasteiger partial charge in [-0.25, -0.2) is 0 Å². The molecule has 2 atom stereocenters. The van der Waals surface area contributed by atoms with Crippen LogP contribution >= 0.6 is 11.3 Å². The molecule has 0 aromatic carbocycles. The molecule has 1 amide bonds. The highest BCUT2D eigenvalue weighted by molar-refractivity contribution is 7.07. The molecule has 2 aliphatic heterocycles. The molecule has 2 aromatic heterocycles. The monoisotopic (exact) mass is 345 g/mol. The molecule has 2 fully saturated rings. The number of aromatic nitrogens is 1. The van der Waals surface area contributed by atoms with Gasteiger partial charge in [0.05, 0.1) is 24.3 Å². The fraction of sp³-hybridized carbons (Fsp3) is 0.556. The molecule has 0 aliphatic carbocycles. The minimum absolute atomic E-state index is 0.192. The Hall–Kier alpha value is -1.66. The fourth-order valence-electron chi connectivity index (χ4n) is 4.02. The average molecular weight is 345 g/mol. The van der Waals surface area contributed by atoms with Gasteiger partial charge < -0.3 is 9.42 Å². The first-order valence-corrected chi connectivity index (χ1v) is 9.65. The molecule has 6 heteroatoms. The van der Waals surface area contributed by atoms with Gasteiger partial charge in [0.15, 0.2) is 5.76 Å². The zero-order valence-electron chi connectivity index (χ0n) is 14.0. The molecule has 0 spiro atoms. The molecule has 24 heavy (non-hydrogen) atoms. The molecule has 2 aliphatic rings. The molecule has 128 valence electrons. The van der Waals surface area contributed by atoms with Crippen LogP contribution in [-0.2, 0) is 4.79 Å². The minimum Gasteiger partial charge on any atom is -0.359 e. The number of likely N-dealkylation sites (tertiary alicyclic amines) is 2. The van der Waals surface area contributed by atoms with Crippen molar-refractivity contribution in [2.45, 2.75) is 44.7 Å². The number of hydrogen-bond acceptors (Lipinski definition) is 5. The van der Waals surface area contributed by atoms with Crippen LogP contribution in [0.3, 0.4) is 0 Å². The van der Waals surface area contributed by atoms with Crippen LogP contribution in [0, 0.1) is 6.92 Å². The van der Waals surface area contributed by atoms with E-state index in [0.29, 0.717) is 6.54 Å². The van der Waals surface area contributed by atoms with Crippen molar-refractivity contribution in [3.8, 4) is 0 Å². The van der Waals surface area contributed by atoms with Crippen LogP contribution in [0.5, 0.6) is 0 Å². The third-order valence-electron chi connectivity index (χ3n) is 5.18. The highest BCUT2D eigenvalue weighted by Gasteiger charge is 2.35. The lowest BCUT2D eigenvalue weighted by molar-refractivity contribution is -0.133. The van der Waals surface area contributed by atoms with Crippen molar-refractivity contribution in [3.05, 3.63) is 39.9 Å². The second-order valence-electron chi connectivity index (χ2n) is 6.80. The van der Waals surface area contributed by atoms with Crippen molar-refractivity contribution < 1.29 is 9.32 Å². The van der Waals surface area contributed by atoms with Gasteiger partial charge in [0.25, 0.3) is 0 Å². The Balaban J connectivity index is 1.45. The van der Waals surface area contributed by atoms with E-state index in [0.717, 1.165) is 50.2 Å². The van der Waals surface area contributed by atoms with E-state index >= 15 is 0 Å². The Morgan fingerprint density at radius 2 is 2.17 bits per heavy atom. The largest absolute Gasteiger partial charge is 0.359 e. The third kappa shape index (κ3) is 3.00. The lowest BCUT2D eigenvalue weighted by atomic mass is 10.1. The molecule has 0 N–H and O–H groups in total. The summed E-state index contributed by atoms with van der Waals surface area (Å²) in [5, 5.41) is 8.27. The lowest BCUT2D eigenvalue weighted by Crippen LogP contribution is -2.39. The number of amides is 1. The summed E-state index contributed by atoms with van der Waals surface area (Å²) < 4.78 is 5.45. The standard InChI is InChI=1S/C18H23N3O2S/c1-13-10-17(23-19-13)16-5-2-7-20(16)11-18(22)21-8-3-4-15(21)14-6-9-24-12-14/h6,9-10,12,15-16H,2-5,7-8,11H2,1H3. The average Bonchev–Trinajstić information content (AvgIpc) is 3.34. The Bertz CT molecular complexity index is 697. The van der Waals surface area contributed by atoms with Gasteiger partial charge in [-0.3, -0.25) is 9.69 Å². The predicted molar refractivity (Wildman–Crippen MR) is 92.8 cm³/mol. The first-order valence-electron chi connectivity index (χ1n) is 8.71. The lowest BCUT2D eigenvalue weighted by Gasteiger charge is -2.28. The van der Waals surface area contributed by atoms with Crippen molar-refractivity contribution in [2.75, 3.05) is 19.6 Å². The fourth-order valence-corrected chi connectivity index (χ4v) is 4.73. The number of nitrogens with zero attached hydrogens (tertiary/aromatic N) is 3. The highest BCUT2D eigenvalue weighted by Crippen LogP contribution is 2.35. The van der Waals surface area contributed by atoms with Crippen molar-refractivity contribution in [2.24, 2.45) is 0 Å². The van der Waals surface area contributed by atoms with Gasteiger partial charge in [0, 0.05) is 12.6 Å². The number of aryl methyl sites for hydroxylation is 1. The maximum atomic E-state index is 12.9. The quantitative estimate of drug-likeness (QED) is 0.850. The SMILES string of the molecule is Cc1cc(C2CCCN2CC(=O)N2CCCC2c2ccsc2)on1. The molecule has 0 bridgehead atoms. The number of carbonyl (C=O) groups excluding carboxylic acids is 1. The molecule has 2 unspecified atom stereocenters. The summed E-state index contributed by atoms with van der Waals surface area (Å²) in [5.74, 6) is 1.14. The van der Waals surface area contributed by atoms with Crippen LogP contribution in [0.25, 0.3) is 0 Å². The summed E-state index contributed by atoms with van der Waals surface area (Å²) in [6, 6.07) is 4.60. The molecular weight excluding hydrogens is 322 g/mol. The summed E-state index contributed by atoms with van der Waals surface area (Å²) in [5.41, 5.74) is 2.19. The zero-order valence-corrected chi connectivity index (χ0v) is 14.8. The van der Waals surface area contributed by atoms with Gasteiger partial charge >= 0.3 is 0 Å². The summed E-state index contributed by atoms with van der Waals surface area (Å²) in [6.07, 6.45) is 4.31. The number of carbonyl (C=O) groups is 1. The van der Waals surface area contributed by atoms with Crippen LogP contribution < -0.4 is 0 Å². The van der Waals surface area contributed by atoms with Gasteiger partial charge in [0.2, 0.25) is 5.91 Å². The van der Waals surface area contributed by atoms with Crippen molar-refractivity contribution in [1.29, 1.82) is 0 Å². The molecule has 0 saturated carbocycles. The summed E-state index contributed by atoms with van der Waals surface area (Å²) >= 11 is 1.71. The van der Waals surface area contributed by atoms with E-state index in [1.54, 1.807) is 11.3 Å². The predicted octanol–water partition coefficient (Wildman–Crippen LogP) is 3.55. The molecular formula is C18H23N3O2S. The summed E-state index contributed by atoms with van der Waals surface area (Å²) in [6.45, 7) is 4.24. The molecule has 4 heterocycles. The number of rotatable bonds is 4. The van der Waals surface area contributed by atoms with Gasteiger partial charge in [-0.05, 0) is 61.5 Å². The molecule has 4 rings (SSSR count). The van der Waals surface area contributed by atoms with E-state index in [4.69, 9.17) is 4.52 Å². The molecule has 2 aromatic rings. The van der Waals surface area contributed by atoms with Crippen LogP contribution in [0.15, 0.2) is 27.4 Å². The van der Waals surface area contributed by atoms with E-state index in [1.165, 1.54) is 5.56 Å². The topological polar surface area (TPSA) is 49.6 Å². The zero-order chi connectivity index (χ0) is 16.5. The van der Waals surface area contributed by atoms with Gasteiger partial charge in [-0.2, -0.15) is 11.3 Å². The van der Waals surface area contributed by atoms with E-state index in [-0.39, 0.29) is 18.0 Å². The van der Waals surface area contributed by atoms with E-state index in [2.05, 4.69) is 31.8 Å². The first-order chi connectivity index (χ1) is 11.7. The van der Waals surface area contributed by atoms with Crippen molar-refractivity contribution >= 4 is 17.2 Å². The molecule has 2 saturated heterocycles. The van der Waals surface area contributed by atoms with Gasteiger partial charge in [0.1, 0.15) is 0 Å². The Kier molecular flexibility index (Phi) is 4.41. The smallest absolute Gasteiger partial charge is 0.237 e. The molecule has 5 nitrogen and oxygen atoms in total. The van der Waals surface area contributed by atoms with E-state index < -0.39 is 0 Å². The van der Waals surface area contributed by atoms with Crippen LogP contribution in [0.2, 0.25) is 0 Å². The maximum Gasteiger partial charge on any atom is 0.237 e.